The predicted octanol–water partition coefficient (Wildman–Crippen LogP) is 13.3. The van der Waals surface area contributed by atoms with Crippen LogP contribution in [-0.2, 0) is 6.54 Å². The normalized spacial score (nSPS) is 12.5. The quantitative estimate of drug-likeness (QED) is 0.184. The molecule has 11 rings (SSSR count). The summed E-state index contributed by atoms with van der Waals surface area (Å²) < 4.78 is 2.39. The predicted molar refractivity (Wildman–Crippen MR) is 225 cm³/mol. The minimum absolute atomic E-state index is 0.802. The molecule has 0 aliphatic carbocycles. The molecule has 1 N–H and O–H groups in total. The Bertz CT molecular complexity index is 3110. The Morgan fingerprint density at radius 3 is 1.60 bits per heavy atom. The van der Waals surface area contributed by atoms with Gasteiger partial charge in [0.1, 0.15) is 0 Å². The number of hydrogen-bond donors (Lipinski definition) is 1. The molecule has 0 atom stereocenters. The lowest BCUT2D eigenvalue weighted by Gasteiger charge is -2.19. The van der Waals surface area contributed by atoms with Crippen molar-refractivity contribution in [3.63, 3.8) is 0 Å². The van der Waals surface area contributed by atoms with E-state index in [0.717, 1.165) is 6.54 Å². The summed E-state index contributed by atoms with van der Waals surface area (Å²) in [6, 6.07) is 65.0. The van der Waals surface area contributed by atoms with E-state index >= 15 is 0 Å². The van der Waals surface area contributed by atoms with Gasteiger partial charge in [0.15, 0.2) is 0 Å². The summed E-state index contributed by atoms with van der Waals surface area (Å²) in [5.74, 6) is 0. The first-order chi connectivity index (χ1) is 26.3. The van der Waals surface area contributed by atoms with Crippen molar-refractivity contribution in [1.29, 1.82) is 0 Å². The van der Waals surface area contributed by atoms with Crippen LogP contribution in [-0.4, -0.2) is 4.57 Å². The van der Waals surface area contributed by atoms with Crippen LogP contribution in [0.3, 0.4) is 0 Å². The number of hydrogen-bond acceptors (Lipinski definition) is 1. The molecule has 248 valence electrons. The van der Waals surface area contributed by atoms with Gasteiger partial charge in [-0.2, -0.15) is 0 Å². The summed E-state index contributed by atoms with van der Waals surface area (Å²) in [7, 11) is 0. The van der Waals surface area contributed by atoms with Gasteiger partial charge in [-0.05, 0) is 131 Å². The highest BCUT2D eigenvalue weighted by Crippen LogP contribution is 2.46. The number of para-hydroxylation sites is 1. The summed E-state index contributed by atoms with van der Waals surface area (Å²) in [6.07, 6.45) is 4.27. The van der Waals surface area contributed by atoms with E-state index in [9.17, 15) is 0 Å². The lowest BCUT2D eigenvalue weighted by molar-refractivity contribution is 0.855. The maximum absolute atomic E-state index is 3.48. The Balaban J connectivity index is 1.20. The van der Waals surface area contributed by atoms with Crippen LogP contribution < -0.4 is 5.32 Å². The van der Waals surface area contributed by atoms with Gasteiger partial charge in [-0.3, -0.25) is 0 Å². The van der Waals surface area contributed by atoms with E-state index in [1.165, 1.54) is 104 Å². The third kappa shape index (κ3) is 4.73. The molecule has 1 aliphatic heterocycles. The van der Waals surface area contributed by atoms with Crippen molar-refractivity contribution in [2.24, 2.45) is 0 Å². The molecular formula is C51H34N2. The van der Waals surface area contributed by atoms with E-state index in [4.69, 9.17) is 0 Å². The first-order valence-corrected chi connectivity index (χ1v) is 18.4. The summed E-state index contributed by atoms with van der Waals surface area (Å²) in [5, 5.41) is 14.8. The molecular weight excluding hydrogens is 641 g/mol. The highest BCUT2D eigenvalue weighted by atomic mass is 15.0. The average Bonchev–Trinajstić information content (AvgIpc) is 3.56. The van der Waals surface area contributed by atoms with Gasteiger partial charge >= 0.3 is 0 Å². The molecule has 2 nitrogen and oxygen atoms in total. The van der Waals surface area contributed by atoms with E-state index in [-0.39, 0.29) is 0 Å². The summed E-state index contributed by atoms with van der Waals surface area (Å²) in [4.78, 5) is 0. The van der Waals surface area contributed by atoms with Crippen LogP contribution in [0.25, 0.3) is 99.1 Å². The molecule has 10 aromatic rings. The number of nitrogens with one attached hydrogen (secondary N) is 1. The lowest BCUT2D eigenvalue weighted by Crippen LogP contribution is -2.10. The van der Waals surface area contributed by atoms with Crippen molar-refractivity contribution in [3.05, 3.63) is 193 Å². The van der Waals surface area contributed by atoms with Gasteiger partial charge < -0.3 is 9.88 Å². The summed E-state index contributed by atoms with van der Waals surface area (Å²) >= 11 is 0. The maximum atomic E-state index is 3.48. The van der Waals surface area contributed by atoms with Gasteiger partial charge in [0.25, 0.3) is 0 Å². The van der Waals surface area contributed by atoms with E-state index in [1.807, 2.05) is 0 Å². The Morgan fingerprint density at radius 1 is 0.396 bits per heavy atom. The second-order valence-electron chi connectivity index (χ2n) is 14.2. The van der Waals surface area contributed by atoms with Crippen molar-refractivity contribution >= 4 is 60.1 Å². The molecule has 1 aliphatic rings. The Morgan fingerprint density at radius 2 is 0.925 bits per heavy atom. The van der Waals surface area contributed by atoms with Crippen molar-refractivity contribution in [3.8, 4) is 39.1 Å². The highest BCUT2D eigenvalue weighted by molar-refractivity contribution is 6.22. The van der Waals surface area contributed by atoms with Gasteiger partial charge in [-0.1, -0.05) is 133 Å². The molecule has 0 radical (unpaired) electrons. The van der Waals surface area contributed by atoms with Crippen LogP contribution in [0.15, 0.2) is 182 Å². The zero-order valence-electron chi connectivity index (χ0n) is 29.1. The highest BCUT2D eigenvalue weighted by Gasteiger charge is 2.21. The van der Waals surface area contributed by atoms with Gasteiger partial charge in [0.05, 0.1) is 11.2 Å². The third-order valence-electron chi connectivity index (χ3n) is 11.2. The van der Waals surface area contributed by atoms with Crippen molar-refractivity contribution < 1.29 is 0 Å². The molecule has 2 heteroatoms. The summed E-state index contributed by atoms with van der Waals surface area (Å²) in [5.41, 5.74) is 12.4. The fourth-order valence-electron chi connectivity index (χ4n) is 8.74. The third-order valence-corrected chi connectivity index (χ3v) is 11.2. The number of rotatable bonds is 4. The fourth-order valence-corrected chi connectivity index (χ4v) is 8.74. The van der Waals surface area contributed by atoms with Gasteiger partial charge in [-0.25, -0.2) is 0 Å². The summed E-state index contributed by atoms with van der Waals surface area (Å²) in [6.45, 7) is 0.802. The zero-order valence-corrected chi connectivity index (χ0v) is 29.1. The van der Waals surface area contributed by atoms with Crippen LogP contribution >= 0.6 is 0 Å². The molecule has 0 amide bonds. The largest absolute Gasteiger partial charge is 0.387 e. The first kappa shape index (κ1) is 29.8. The van der Waals surface area contributed by atoms with Crippen molar-refractivity contribution in [1.82, 2.24) is 9.88 Å². The van der Waals surface area contributed by atoms with Crippen molar-refractivity contribution in [2.45, 2.75) is 6.54 Å². The molecule has 53 heavy (non-hydrogen) atoms. The molecule has 0 bridgehead atoms. The van der Waals surface area contributed by atoms with Gasteiger partial charge in [0, 0.05) is 23.2 Å². The van der Waals surface area contributed by atoms with Crippen LogP contribution in [0.2, 0.25) is 0 Å². The monoisotopic (exact) mass is 674 g/mol. The van der Waals surface area contributed by atoms with E-state index in [1.54, 1.807) is 0 Å². The smallest absolute Gasteiger partial charge is 0.0538 e. The topological polar surface area (TPSA) is 17.0 Å². The number of benzene rings is 9. The molecule has 0 fully saturated rings. The number of nitrogens with zero attached hydrogens (tertiary/aromatic N) is 1. The van der Waals surface area contributed by atoms with Gasteiger partial charge in [0.2, 0.25) is 0 Å². The fraction of sp³-hybridized carbons (Fsp3) is 0.0196. The molecule has 0 spiro atoms. The second kappa shape index (κ2) is 11.8. The zero-order chi connectivity index (χ0) is 34.9. The number of aromatic nitrogens is 1. The maximum Gasteiger partial charge on any atom is 0.0538 e. The van der Waals surface area contributed by atoms with E-state index in [2.05, 4.69) is 198 Å². The molecule has 9 aromatic carbocycles. The van der Waals surface area contributed by atoms with Crippen LogP contribution in [0.5, 0.6) is 0 Å². The van der Waals surface area contributed by atoms with Crippen LogP contribution in [0.4, 0.5) is 0 Å². The molecule has 1 aromatic heterocycles. The Labute approximate surface area is 307 Å². The minimum atomic E-state index is 0.802. The molecule has 0 saturated heterocycles. The van der Waals surface area contributed by atoms with Crippen LogP contribution in [0, 0.1) is 0 Å². The minimum Gasteiger partial charge on any atom is -0.387 e. The van der Waals surface area contributed by atoms with E-state index < -0.39 is 0 Å². The standard InChI is InChI=1S/C51H34N2/c1-2-14-41(15-3-1)53-48-25-23-38(30-45(48)47-32-52-27-26-49(47)53)37-22-24-44-46(31-37)51(40-21-19-34-11-5-7-13-36(34)29-40)43-17-9-8-16-42(43)50(44)39-20-18-33-10-4-6-12-35(33)28-39/h1-31,52H,32H2. The van der Waals surface area contributed by atoms with Crippen LogP contribution in [0.1, 0.15) is 11.3 Å². The molecule has 0 saturated carbocycles. The average molecular weight is 675 g/mol. The molecule has 0 unspecified atom stereocenters. The van der Waals surface area contributed by atoms with Gasteiger partial charge in [-0.15, -0.1) is 0 Å². The number of fused-ring (bicyclic) bond motifs is 7. The first-order valence-electron chi connectivity index (χ1n) is 18.4. The molecule has 2 heterocycles. The Hall–Kier alpha value is -6.90. The van der Waals surface area contributed by atoms with Crippen molar-refractivity contribution in [2.75, 3.05) is 0 Å². The lowest BCUT2D eigenvalue weighted by atomic mass is 9.84. The second-order valence-corrected chi connectivity index (χ2v) is 14.2. The van der Waals surface area contributed by atoms with E-state index in [0.29, 0.717) is 0 Å². The SMILES string of the molecule is C1=Cc2c(c3cc(-c4ccc5c(-c6ccc7ccccc7c6)c6ccccc6c(-c6ccc7ccccc7c6)c5c4)ccc3n2-c2ccccc2)CN1. The Kier molecular flexibility index (Phi) is 6.65.